The Morgan fingerprint density at radius 3 is 2.30 bits per heavy atom. The van der Waals surface area contributed by atoms with E-state index in [0.29, 0.717) is 16.3 Å². The lowest BCUT2D eigenvalue weighted by Gasteiger charge is -2.29. The number of amides is 2. The maximum Gasteiger partial charge on any atom is 0.266 e. The first-order valence-corrected chi connectivity index (χ1v) is 10.5. The summed E-state index contributed by atoms with van der Waals surface area (Å²) in [4.78, 5) is 33.8. The number of anilines is 2. The molecule has 2 saturated heterocycles. The molecule has 2 aliphatic heterocycles. The number of hydroxylamine groups is 1. The fraction of sp³-hybridized carbons (Fsp3) is 0.167. The van der Waals surface area contributed by atoms with E-state index in [1.807, 2.05) is 0 Å². The van der Waals surface area contributed by atoms with Gasteiger partial charge in [0.15, 0.2) is 17.6 Å². The van der Waals surface area contributed by atoms with Gasteiger partial charge in [-0.3, -0.25) is 14.4 Å². The zero-order valence-electron chi connectivity index (χ0n) is 17.3. The van der Waals surface area contributed by atoms with Crippen molar-refractivity contribution in [3.63, 3.8) is 0 Å². The number of ether oxygens (including phenoxy) is 1. The zero-order valence-corrected chi connectivity index (χ0v) is 18.1. The maximum atomic E-state index is 13.5. The molecule has 0 bridgehead atoms. The Bertz CT molecular complexity index is 1230. The number of aromatic hydroxyl groups is 1. The molecular weight excluding hydrogens is 451 g/mol. The predicted octanol–water partition coefficient (Wildman–Crippen LogP) is 4.24. The number of carbonyl (C=O) groups excluding carboxylic acids is 2. The van der Waals surface area contributed by atoms with E-state index in [2.05, 4.69) is 0 Å². The first-order valence-electron chi connectivity index (χ1n) is 10.1. The van der Waals surface area contributed by atoms with Crippen LogP contribution in [-0.4, -0.2) is 30.1 Å². The highest BCUT2D eigenvalue weighted by atomic mass is 35.5. The molecule has 0 saturated carbocycles. The number of phenols is 1. The van der Waals surface area contributed by atoms with Crippen molar-refractivity contribution in [1.82, 2.24) is 0 Å². The van der Waals surface area contributed by atoms with E-state index in [0.717, 1.165) is 4.90 Å². The second-order valence-corrected chi connectivity index (χ2v) is 8.15. The Balaban J connectivity index is 1.60. The molecule has 7 nitrogen and oxygen atoms in total. The Kier molecular flexibility index (Phi) is 5.19. The van der Waals surface area contributed by atoms with Crippen LogP contribution in [0.1, 0.15) is 11.6 Å². The summed E-state index contributed by atoms with van der Waals surface area (Å²) in [6.07, 6.45) is -1.08. The molecule has 2 heterocycles. The van der Waals surface area contributed by atoms with Crippen LogP contribution in [0.25, 0.3) is 0 Å². The summed E-state index contributed by atoms with van der Waals surface area (Å²) >= 11 is 6.02. The van der Waals surface area contributed by atoms with Crippen LogP contribution >= 0.6 is 11.6 Å². The van der Waals surface area contributed by atoms with Gasteiger partial charge < -0.3 is 9.84 Å². The minimum Gasteiger partial charge on any atom is -0.504 e. The lowest BCUT2D eigenvalue weighted by atomic mass is 9.90. The number of rotatable bonds is 4. The standard InChI is InChI=1S/C24H18ClFN2O5/c1-32-19-12-13(2-11-18(19)29)21-20-22(33-28(21)17-7-3-14(25)4-8-17)24(31)27(23(20)30)16-9-5-15(26)6-10-16/h2-12,20-22,29H,1H3/t20-,21-,22+/m1/s1. The molecule has 2 fully saturated rings. The molecule has 0 aliphatic carbocycles. The van der Waals surface area contributed by atoms with Crippen molar-refractivity contribution < 1.29 is 28.7 Å². The zero-order chi connectivity index (χ0) is 23.3. The summed E-state index contributed by atoms with van der Waals surface area (Å²) < 4.78 is 18.6. The SMILES string of the molecule is COc1cc([C@@H]2[C@H]3C(=O)N(c4ccc(F)cc4)C(=O)[C@H]3ON2c2ccc(Cl)cc2)ccc1O. The summed E-state index contributed by atoms with van der Waals surface area (Å²) in [5, 5.41) is 12.1. The van der Waals surface area contributed by atoms with E-state index in [1.54, 1.807) is 36.4 Å². The smallest absolute Gasteiger partial charge is 0.266 e. The van der Waals surface area contributed by atoms with E-state index in [1.165, 1.54) is 42.5 Å². The molecule has 0 aromatic heterocycles. The van der Waals surface area contributed by atoms with Crippen LogP contribution in [0, 0.1) is 11.7 Å². The van der Waals surface area contributed by atoms with Gasteiger partial charge in [0, 0.05) is 5.02 Å². The number of benzene rings is 3. The lowest BCUT2D eigenvalue weighted by molar-refractivity contribution is -0.126. The van der Waals surface area contributed by atoms with Crippen LogP contribution in [-0.2, 0) is 14.4 Å². The lowest BCUT2D eigenvalue weighted by Crippen LogP contribution is -2.37. The number of hydrogen-bond donors (Lipinski definition) is 1. The highest BCUT2D eigenvalue weighted by Gasteiger charge is 2.60. The van der Waals surface area contributed by atoms with Crippen LogP contribution in [0.4, 0.5) is 15.8 Å². The third-order valence-electron chi connectivity index (χ3n) is 5.83. The van der Waals surface area contributed by atoms with Crippen molar-refractivity contribution in [2.75, 3.05) is 17.1 Å². The number of phenolic OH excluding ortho intramolecular Hbond substituents is 1. The Morgan fingerprint density at radius 2 is 1.64 bits per heavy atom. The van der Waals surface area contributed by atoms with E-state index >= 15 is 0 Å². The molecule has 3 atom stereocenters. The molecule has 1 N–H and O–H groups in total. The van der Waals surface area contributed by atoms with Gasteiger partial charge in [-0.25, -0.2) is 14.4 Å². The van der Waals surface area contributed by atoms with E-state index < -0.39 is 35.7 Å². The topological polar surface area (TPSA) is 79.3 Å². The number of nitrogens with zero attached hydrogens (tertiary/aromatic N) is 2. The molecule has 33 heavy (non-hydrogen) atoms. The quantitative estimate of drug-likeness (QED) is 0.577. The van der Waals surface area contributed by atoms with Crippen LogP contribution in [0.3, 0.4) is 0 Å². The molecule has 5 rings (SSSR count). The van der Waals surface area contributed by atoms with Crippen molar-refractivity contribution in [1.29, 1.82) is 0 Å². The first kappa shape index (κ1) is 21.2. The van der Waals surface area contributed by atoms with Gasteiger partial charge in [0.1, 0.15) is 11.7 Å². The average molecular weight is 469 g/mol. The van der Waals surface area contributed by atoms with Gasteiger partial charge in [-0.1, -0.05) is 17.7 Å². The molecule has 0 spiro atoms. The molecular formula is C24H18ClFN2O5. The van der Waals surface area contributed by atoms with Gasteiger partial charge >= 0.3 is 0 Å². The number of fused-ring (bicyclic) bond motifs is 1. The molecule has 3 aromatic rings. The second-order valence-electron chi connectivity index (χ2n) is 7.72. The summed E-state index contributed by atoms with van der Waals surface area (Å²) in [6, 6.07) is 15.9. The fourth-order valence-electron chi connectivity index (χ4n) is 4.29. The number of imide groups is 1. The number of methoxy groups -OCH3 is 1. The summed E-state index contributed by atoms with van der Waals surface area (Å²) in [7, 11) is 1.42. The number of carbonyl (C=O) groups is 2. The summed E-state index contributed by atoms with van der Waals surface area (Å²) in [5.74, 6) is -2.20. The van der Waals surface area contributed by atoms with Crippen molar-refractivity contribution in [2.24, 2.45) is 5.92 Å². The monoisotopic (exact) mass is 468 g/mol. The van der Waals surface area contributed by atoms with Crippen molar-refractivity contribution in [3.8, 4) is 11.5 Å². The van der Waals surface area contributed by atoms with Crippen LogP contribution in [0.15, 0.2) is 66.7 Å². The van der Waals surface area contributed by atoms with E-state index in [9.17, 15) is 19.1 Å². The number of hydrogen-bond acceptors (Lipinski definition) is 6. The van der Waals surface area contributed by atoms with Crippen molar-refractivity contribution >= 4 is 34.8 Å². The predicted molar refractivity (Wildman–Crippen MR) is 119 cm³/mol. The third-order valence-corrected chi connectivity index (χ3v) is 6.08. The molecule has 0 radical (unpaired) electrons. The van der Waals surface area contributed by atoms with Gasteiger partial charge in [0.25, 0.3) is 5.91 Å². The van der Waals surface area contributed by atoms with Crippen molar-refractivity contribution in [3.05, 3.63) is 83.1 Å². The average Bonchev–Trinajstić information content (AvgIpc) is 3.32. The van der Waals surface area contributed by atoms with Crippen LogP contribution in [0.5, 0.6) is 11.5 Å². The maximum absolute atomic E-state index is 13.5. The molecule has 9 heteroatoms. The first-order chi connectivity index (χ1) is 15.9. The van der Waals surface area contributed by atoms with E-state index in [-0.39, 0.29) is 17.2 Å². The minimum absolute atomic E-state index is 0.0588. The minimum atomic E-state index is -1.08. The highest BCUT2D eigenvalue weighted by Crippen LogP contribution is 2.48. The normalized spacial score (nSPS) is 22.1. The third kappa shape index (κ3) is 3.48. The highest BCUT2D eigenvalue weighted by molar-refractivity contribution is 6.30. The summed E-state index contributed by atoms with van der Waals surface area (Å²) in [5.41, 5.74) is 1.47. The number of halogens is 2. The Morgan fingerprint density at radius 1 is 0.970 bits per heavy atom. The Hall–Kier alpha value is -3.62. The van der Waals surface area contributed by atoms with Gasteiger partial charge in [-0.05, 0) is 66.2 Å². The van der Waals surface area contributed by atoms with Gasteiger partial charge in [0.2, 0.25) is 5.91 Å². The van der Waals surface area contributed by atoms with Gasteiger partial charge in [0.05, 0.1) is 24.5 Å². The molecule has 2 aliphatic rings. The summed E-state index contributed by atoms with van der Waals surface area (Å²) in [6.45, 7) is 0. The second kappa shape index (κ2) is 8.06. The van der Waals surface area contributed by atoms with Crippen LogP contribution in [0.2, 0.25) is 5.02 Å². The van der Waals surface area contributed by atoms with E-state index in [4.69, 9.17) is 21.2 Å². The molecule has 2 amide bonds. The molecule has 168 valence electrons. The fourth-order valence-corrected chi connectivity index (χ4v) is 4.41. The van der Waals surface area contributed by atoms with Crippen LogP contribution < -0.4 is 14.7 Å². The van der Waals surface area contributed by atoms with Gasteiger partial charge in [-0.15, -0.1) is 0 Å². The largest absolute Gasteiger partial charge is 0.504 e. The Labute approximate surface area is 193 Å². The molecule has 0 unspecified atom stereocenters. The van der Waals surface area contributed by atoms with Gasteiger partial charge in [-0.2, -0.15) is 0 Å². The van der Waals surface area contributed by atoms with Crippen molar-refractivity contribution in [2.45, 2.75) is 12.1 Å². The molecule has 3 aromatic carbocycles.